The van der Waals surface area contributed by atoms with E-state index in [0.717, 1.165) is 25.7 Å². The Kier molecular flexibility index (Phi) is 3.89. The van der Waals surface area contributed by atoms with Gasteiger partial charge in [-0.3, -0.25) is 0 Å². The first-order valence-corrected chi connectivity index (χ1v) is 8.87. The van der Waals surface area contributed by atoms with Gasteiger partial charge in [0.2, 0.25) is 0 Å². The fourth-order valence-electron chi connectivity index (χ4n) is 4.41. The lowest BCUT2D eigenvalue weighted by molar-refractivity contribution is 0.339. The summed E-state index contributed by atoms with van der Waals surface area (Å²) in [7, 11) is 0. The van der Waals surface area contributed by atoms with Crippen LogP contribution in [0.1, 0.15) is 60.8 Å². The van der Waals surface area contributed by atoms with Gasteiger partial charge in [-0.15, -0.1) is 0 Å². The SMILES string of the molecule is Cc1cc2c(c(F)c1F)-c1c(cc(C3CCC(C)CC3)c(F)c1F)C2. The third-order valence-electron chi connectivity index (χ3n) is 5.87. The topological polar surface area (TPSA) is 0 Å². The van der Waals surface area contributed by atoms with Crippen LogP contribution in [0.3, 0.4) is 0 Å². The number of halogens is 4. The molecule has 25 heavy (non-hydrogen) atoms. The summed E-state index contributed by atoms with van der Waals surface area (Å²) < 4.78 is 57.9. The van der Waals surface area contributed by atoms with Gasteiger partial charge in [-0.2, -0.15) is 0 Å². The maximum Gasteiger partial charge on any atom is 0.167 e. The Morgan fingerprint density at radius 3 is 1.96 bits per heavy atom. The van der Waals surface area contributed by atoms with Crippen LogP contribution in [-0.2, 0) is 6.42 Å². The van der Waals surface area contributed by atoms with E-state index in [1.807, 2.05) is 0 Å². The van der Waals surface area contributed by atoms with E-state index in [4.69, 9.17) is 0 Å². The first-order chi connectivity index (χ1) is 11.9. The highest BCUT2D eigenvalue weighted by molar-refractivity contribution is 5.79. The maximum atomic E-state index is 14.8. The summed E-state index contributed by atoms with van der Waals surface area (Å²) in [6, 6.07) is 3.22. The van der Waals surface area contributed by atoms with Crippen LogP contribution in [0, 0.1) is 36.1 Å². The number of benzene rings is 2. The van der Waals surface area contributed by atoms with E-state index < -0.39 is 23.3 Å². The highest BCUT2D eigenvalue weighted by atomic mass is 19.2. The normalized spacial score (nSPS) is 22.0. The maximum absolute atomic E-state index is 14.8. The summed E-state index contributed by atoms with van der Waals surface area (Å²) in [6.45, 7) is 3.65. The monoisotopic (exact) mass is 348 g/mol. The Labute approximate surface area is 144 Å². The predicted octanol–water partition coefficient (Wildman–Crippen LogP) is 6.42. The Bertz CT molecular complexity index is 861. The number of fused-ring (bicyclic) bond motifs is 3. The van der Waals surface area contributed by atoms with Crippen molar-refractivity contribution in [2.75, 3.05) is 0 Å². The zero-order chi connectivity index (χ0) is 17.9. The standard InChI is InChI=1S/C21H20F4/c1-10-3-5-12(6-4-10)15-9-14-8-13-7-11(2)18(22)20(24)16(13)17(14)21(25)19(15)23/h7,9-10,12H,3-6,8H2,1-2H3. The molecule has 4 heteroatoms. The van der Waals surface area contributed by atoms with E-state index >= 15 is 0 Å². The molecule has 0 aliphatic heterocycles. The van der Waals surface area contributed by atoms with Crippen LogP contribution >= 0.6 is 0 Å². The number of aryl methyl sites for hydroxylation is 1. The minimum absolute atomic E-state index is 0.00281. The molecule has 2 aliphatic rings. The fourth-order valence-corrected chi connectivity index (χ4v) is 4.41. The Hall–Kier alpha value is -1.84. The van der Waals surface area contributed by atoms with Crippen molar-refractivity contribution in [3.05, 3.63) is 57.7 Å². The van der Waals surface area contributed by atoms with Crippen molar-refractivity contribution < 1.29 is 17.6 Å². The molecule has 0 bridgehead atoms. The van der Waals surface area contributed by atoms with Crippen LogP contribution in [0.25, 0.3) is 11.1 Å². The quantitative estimate of drug-likeness (QED) is 0.445. The van der Waals surface area contributed by atoms with E-state index in [2.05, 4.69) is 6.92 Å². The first-order valence-electron chi connectivity index (χ1n) is 8.87. The molecule has 0 aromatic heterocycles. The molecule has 0 radical (unpaired) electrons. The lowest BCUT2D eigenvalue weighted by atomic mass is 9.78. The second kappa shape index (κ2) is 5.86. The summed E-state index contributed by atoms with van der Waals surface area (Å²) in [5.41, 5.74) is 1.46. The predicted molar refractivity (Wildman–Crippen MR) is 89.6 cm³/mol. The average molecular weight is 348 g/mol. The number of hydrogen-bond donors (Lipinski definition) is 0. The molecule has 0 amide bonds. The van der Waals surface area contributed by atoms with Crippen LogP contribution in [-0.4, -0.2) is 0 Å². The molecule has 0 unspecified atom stereocenters. The molecular weight excluding hydrogens is 328 g/mol. The van der Waals surface area contributed by atoms with Gasteiger partial charge in [0.1, 0.15) is 0 Å². The minimum Gasteiger partial charge on any atom is -0.203 e. The minimum atomic E-state index is -1.08. The highest BCUT2D eigenvalue weighted by Crippen LogP contribution is 2.45. The summed E-state index contributed by atoms with van der Waals surface area (Å²) in [4.78, 5) is 0. The van der Waals surface area contributed by atoms with E-state index in [1.165, 1.54) is 13.0 Å². The van der Waals surface area contributed by atoms with Crippen LogP contribution in [0.4, 0.5) is 17.6 Å². The van der Waals surface area contributed by atoms with Crippen molar-refractivity contribution in [1.29, 1.82) is 0 Å². The second-order valence-corrected chi connectivity index (χ2v) is 7.62. The molecule has 0 atom stereocenters. The van der Waals surface area contributed by atoms with E-state index in [-0.39, 0.29) is 22.6 Å². The zero-order valence-corrected chi connectivity index (χ0v) is 14.4. The van der Waals surface area contributed by atoms with Crippen LogP contribution in [0.5, 0.6) is 0 Å². The summed E-state index contributed by atoms with van der Waals surface area (Å²) in [5, 5.41) is 0. The molecular formula is C21H20F4. The molecule has 132 valence electrons. The molecule has 0 heterocycles. The number of hydrogen-bond acceptors (Lipinski definition) is 0. The van der Waals surface area contributed by atoms with Gasteiger partial charge in [0.25, 0.3) is 0 Å². The summed E-state index contributed by atoms with van der Waals surface area (Å²) in [5.74, 6) is -3.38. The molecule has 2 aliphatic carbocycles. The molecule has 0 nitrogen and oxygen atoms in total. The van der Waals surface area contributed by atoms with Gasteiger partial charge in [-0.05, 0) is 60.3 Å². The lowest BCUT2D eigenvalue weighted by Crippen LogP contribution is -2.13. The van der Waals surface area contributed by atoms with E-state index in [1.54, 1.807) is 6.07 Å². The Morgan fingerprint density at radius 1 is 0.760 bits per heavy atom. The molecule has 1 saturated carbocycles. The number of rotatable bonds is 1. The lowest BCUT2D eigenvalue weighted by Gasteiger charge is -2.27. The van der Waals surface area contributed by atoms with Crippen molar-refractivity contribution in [1.82, 2.24) is 0 Å². The smallest absolute Gasteiger partial charge is 0.167 e. The van der Waals surface area contributed by atoms with Crippen molar-refractivity contribution in [3.63, 3.8) is 0 Å². The Morgan fingerprint density at radius 2 is 1.32 bits per heavy atom. The molecule has 0 saturated heterocycles. The molecule has 2 aromatic rings. The molecule has 1 fully saturated rings. The second-order valence-electron chi connectivity index (χ2n) is 7.62. The third kappa shape index (κ3) is 2.49. The van der Waals surface area contributed by atoms with Gasteiger partial charge in [0.05, 0.1) is 0 Å². The van der Waals surface area contributed by atoms with Crippen LogP contribution < -0.4 is 0 Å². The van der Waals surface area contributed by atoms with Crippen molar-refractivity contribution >= 4 is 0 Å². The third-order valence-corrected chi connectivity index (χ3v) is 5.87. The van der Waals surface area contributed by atoms with Gasteiger partial charge in [0, 0.05) is 11.1 Å². The van der Waals surface area contributed by atoms with Crippen molar-refractivity contribution in [2.24, 2.45) is 5.92 Å². The van der Waals surface area contributed by atoms with Crippen molar-refractivity contribution in [3.8, 4) is 11.1 Å². The molecule has 0 N–H and O–H groups in total. The van der Waals surface area contributed by atoms with Crippen molar-refractivity contribution in [2.45, 2.75) is 51.9 Å². The van der Waals surface area contributed by atoms with E-state index in [9.17, 15) is 17.6 Å². The summed E-state index contributed by atoms with van der Waals surface area (Å²) >= 11 is 0. The Balaban J connectivity index is 1.84. The largest absolute Gasteiger partial charge is 0.203 e. The van der Waals surface area contributed by atoms with Crippen LogP contribution in [0.15, 0.2) is 12.1 Å². The molecule has 0 spiro atoms. The first kappa shape index (κ1) is 16.6. The fraction of sp³-hybridized carbons (Fsp3) is 0.429. The van der Waals surface area contributed by atoms with Gasteiger partial charge < -0.3 is 0 Å². The van der Waals surface area contributed by atoms with Crippen LogP contribution in [0.2, 0.25) is 0 Å². The van der Waals surface area contributed by atoms with E-state index in [0.29, 0.717) is 29.0 Å². The zero-order valence-electron chi connectivity index (χ0n) is 14.4. The van der Waals surface area contributed by atoms with Gasteiger partial charge in [-0.1, -0.05) is 31.9 Å². The van der Waals surface area contributed by atoms with Gasteiger partial charge in [0.15, 0.2) is 23.3 Å². The summed E-state index contributed by atoms with van der Waals surface area (Å²) in [6.07, 6.45) is 4.00. The van der Waals surface area contributed by atoms with Gasteiger partial charge in [-0.25, -0.2) is 17.6 Å². The van der Waals surface area contributed by atoms with Gasteiger partial charge >= 0.3 is 0 Å². The average Bonchev–Trinajstić information content (AvgIpc) is 2.95. The molecule has 2 aromatic carbocycles. The molecule has 4 rings (SSSR count). The highest BCUT2D eigenvalue weighted by Gasteiger charge is 2.33.